The van der Waals surface area contributed by atoms with Crippen LogP contribution in [0.3, 0.4) is 0 Å². The van der Waals surface area contributed by atoms with Gasteiger partial charge in [0.2, 0.25) is 0 Å². The van der Waals surface area contributed by atoms with E-state index in [9.17, 15) is 0 Å². The summed E-state index contributed by atoms with van der Waals surface area (Å²) in [4.78, 5) is 2.50. The molecule has 0 amide bonds. The van der Waals surface area contributed by atoms with Crippen LogP contribution < -0.4 is 0 Å². The predicted octanol–water partition coefficient (Wildman–Crippen LogP) is 5.18. The van der Waals surface area contributed by atoms with Gasteiger partial charge in [0.15, 0.2) is 0 Å². The van der Waals surface area contributed by atoms with Crippen molar-refractivity contribution in [2.75, 3.05) is 27.2 Å². The molecule has 1 aromatic carbocycles. The first-order valence-electron chi connectivity index (χ1n) is 9.83. The number of hydrogen-bond donors (Lipinski definition) is 0. The third-order valence-electron chi connectivity index (χ3n) is 6.08. The summed E-state index contributed by atoms with van der Waals surface area (Å²) in [5.41, 5.74) is 3.90. The highest BCUT2D eigenvalue weighted by molar-refractivity contribution is 5.77. The van der Waals surface area contributed by atoms with Crippen molar-refractivity contribution in [3.63, 3.8) is 0 Å². The number of ether oxygens (including phenoxy) is 1. The van der Waals surface area contributed by atoms with Crippen molar-refractivity contribution in [3.05, 3.63) is 59.6 Å². The Morgan fingerprint density at radius 1 is 1.27 bits per heavy atom. The van der Waals surface area contributed by atoms with E-state index in [1.54, 1.807) is 18.9 Å². The van der Waals surface area contributed by atoms with Crippen LogP contribution in [0.25, 0.3) is 11.0 Å². The summed E-state index contributed by atoms with van der Waals surface area (Å²) in [6.45, 7) is 2.25. The van der Waals surface area contributed by atoms with Crippen LogP contribution in [0.4, 0.5) is 0 Å². The fourth-order valence-corrected chi connectivity index (χ4v) is 4.68. The van der Waals surface area contributed by atoms with Crippen molar-refractivity contribution in [2.24, 2.45) is 11.8 Å². The quantitative estimate of drug-likeness (QED) is 0.717. The van der Waals surface area contributed by atoms with Gasteiger partial charge >= 0.3 is 0 Å². The number of methoxy groups -OCH3 is 1. The molecule has 2 atom stereocenters. The Bertz CT molecular complexity index is 816. The Kier molecular flexibility index (Phi) is 5.16. The van der Waals surface area contributed by atoms with E-state index in [1.165, 1.54) is 43.2 Å². The van der Waals surface area contributed by atoms with Crippen LogP contribution in [-0.4, -0.2) is 32.1 Å². The molecule has 2 aliphatic carbocycles. The number of benzene rings is 1. The van der Waals surface area contributed by atoms with Gasteiger partial charge in [-0.25, -0.2) is 0 Å². The van der Waals surface area contributed by atoms with E-state index in [0.717, 1.165) is 30.2 Å². The smallest absolute Gasteiger partial charge is 0.134 e. The number of fused-ring (bicyclic) bond motifs is 2. The molecule has 0 saturated heterocycles. The van der Waals surface area contributed by atoms with Crippen LogP contribution in [0.5, 0.6) is 0 Å². The molecule has 3 heteroatoms. The van der Waals surface area contributed by atoms with Gasteiger partial charge in [0, 0.05) is 18.5 Å². The van der Waals surface area contributed by atoms with Crippen molar-refractivity contribution in [1.29, 1.82) is 0 Å². The van der Waals surface area contributed by atoms with Gasteiger partial charge in [-0.3, -0.25) is 0 Å². The zero-order valence-corrected chi connectivity index (χ0v) is 15.9. The summed E-state index contributed by atoms with van der Waals surface area (Å²) in [5.74, 6) is 2.54. The lowest BCUT2D eigenvalue weighted by Crippen LogP contribution is -2.35. The van der Waals surface area contributed by atoms with Crippen molar-refractivity contribution in [3.8, 4) is 0 Å². The molecule has 1 aromatic heterocycles. The predicted molar refractivity (Wildman–Crippen MR) is 106 cm³/mol. The van der Waals surface area contributed by atoms with E-state index in [2.05, 4.69) is 42.3 Å². The maximum Gasteiger partial charge on any atom is 0.134 e. The van der Waals surface area contributed by atoms with Gasteiger partial charge in [-0.15, -0.1) is 0 Å². The first kappa shape index (κ1) is 17.4. The zero-order valence-electron chi connectivity index (χ0n) is 15.9. The van der Waals surface area contributed by atoms with Crippen molar-refractivity contribution in [1.82, 2.24) is 4.90 Å². The van der Waals surface area contributed by atoms with E-state index >= 15 is 0 Å². The van der Waals surface area contributed by atoms with Crippen molar-refractivity contribution in [2.45, 2.75) is 32.1 Å². The fourth-order valence-electron chi connectivity index (χ4n) is 4.68. The molecule has 2 aliphatic rings. The Morgan fingerprint density at radius 3 is 3.08 bits per heavy atom. The van der Waals surface area contributed by atoms with Crippen LogP contribution in [0.15, 0.2) is 58.4 Å². The summed E-state index contributed by atoms with van der Waals surface area (Å²) in [5, 5.41) is 1.18. The molecule has 26 heavy (non-hydrogen) atoms. The van der Waals surface area contributed by atoms with Gasteiger partial charge in [0.1, 0.15) is 11.3 Å². The number of furan rings is 1. The van der Waals surface area contributed by atoms with E-state index in [1.807, 2.05) is 6.07 Å². The SMILES string of the molecule is COC1=C2CCC[C@@H](CN(C)CCc3ccc4ccoc4c3)C2CC=C1. The molecule has 0 bridgehead atoms. The number of likely N-dealkylation sites (N-methyl/N-ethyl adjacent to an activating group) is 1. The minimum atomic E-state index is 0.672. The first-order valence-corrected chi connectivity index (χ1v) is 9.83. The molecular formula is C23H29NO2. The van der Waals surface area contributed by atoms with Crippen LogP contribution in [0.1, 0.15) is 31.2 Å². The normalized spacial score (nSPS) is 22.9. The third-order valence-corrected chi connectivity index (χ3v) is 6.08. The largest absolute Gasteiger partial charge is 0.497 e. The standard InChI is InChI=1S/C23H29NO2/c1-24(13-11-17-9-10-18-12-14-26-23(18)15-17)16-19-5-3-7-21-20(19)6-4-8-22(21)25-2/h4,8-10,12,14-15,19-20H,3,5-7,11,13,16H2,1-2H3/t19-,20?/m0/s1. The third kappa shape index (κ3) is 3.59. The first-order chi connectivity index (χ1) is 12.7. The Labute approximate surface area is 156 Å². The van der Waals surface area contributed by atoms with E-state index in [0.29, 0.717) is 5.92 Å². The Hall–Kier alpha value is -2.00. The molecule has 0 aliphatic heterocycles. The van der Waals surface area contributed by atoms with Gasteiger partial charge in [-0.2, -0.15) is 0 Å². The average molecular weight is 351 g/mol. The highest BCUT2D eigenvalue weighted by Crippen LogP contribution is 2.41. The number of rotatable bonds is 6. The lowest BCUT2D eigenvalue weighted by atomic mass is 9.71. The summed E-state index contributed by atoms with van der Waals surface area (Å²) >= 11 is 0. The summed E-state index contributed by atoms with van der Waals surface area (Å²) in [7, 11) is 4.07. The maximum atomic E-state index is 5.62. The molecule has 0 radical (unpaired) electrons. The molecule has 0 spiro atoms. The van der Waals surface area contributed by atoms with E-state index in [-0.39, 0.29) is 0 Å². The average Bonchev–Trinajstić information content (AvgIpc) is 3.14. The van der Waals surface area contributed by atoms with Gasteiger partial charge < -0.3 is 14.1 Å². The summed E-state index contributed by atoms with van der Waals surface area (Å²) in [6.07, 6.45) is 12.3. The molecule has 138 valence electrons. The highest BCUT2D eigenvalue weighted by atomic mass is 16.5. The molecule has 1 saturated carbocycles. The Balaban J connectivity index is 1.36. The molecule has 3 nitrogen and oxygen atoms in total. The number of allylic oxidation sites excluding steroid dienone is 3. The van der Waals surface area contributed by atoms with Crippen LogP contribution in [-0.2, 0) is 11.2 Å². The number of nitrogens with zero attached hydrogens (tertiary/aromatic N) is 1. The second kappa shape index (κ2) is 7.71. The van der Waals surface area contributed by atoms with Gasteiger partial charge in [-0.05, 0) is 80.3 Å². The highest BCUT2D eigenvalue weighted by Gasteiger charge is 2.32. The second-order valence-electron chi connectivity index (χ2n) is 7.80. The van der Waals surface area contributed by atoms with Gasteiger partial charge in [0.05, 0.1) is 13.4 Å². The molecule has 0 N–H and O–H groups in total. The van der Waals surface area contributed by atoms with Gasteiger partial charge in [0.25, 0.3) is 0 Å². The second-order valence-corrected chi connectivity index (χ2v) is 7.80. The molecular weight excluding hydrogens is 322 g/mol. The van der Waals surface area contributed by atoms with E-state index in [4.69, 9.17) is 9.15 Å². The molecule has 4 rings (SSSR count). The fraction of sp³-hybridized carbons (Fsp3) is 0.478. The van der Waals surface area contributed by atoms with E-state index < -0.39 is 0 Å². The lowest BCUT2D eigenvalue weighted by Gasteiger charge is -2.38. The van der Waals surface area contributed by atoms with Crippen LogP contribution in [0.2, 0.25) is 0 Å². The minimum Gasteiger partial charge on any atom is -0.497 e. The zero-order chi connectivity index (χ0) is 17.9. The van der Waals surface area contributed by atoms with Gasteiger partial charge in [-0.1, -0.05) is 18.2 Å². The van der Waals surface area contributed by atoms with Crippen LogP contribution in [0, 0.1) is 11.8 Å². The van der Waals surface area contributed by atoms with Crippen molar-refractivity contribution >= 4 is 11.0 Å². The lowest BCUT2D eigenvalue weighted by molar-refractivity contribution is 0.193. The summed E-state index contributed by atoms with van der Waals surface area (Å²) in [6, 6.07) is 8.59. The minimum absolute atomic E-state index is 0.672. The topological polar surface area (TPSA) is 25.6 Å². The Morgan fingerprint density at radius 2 is 2.19 bits per heavy atom. The monoisotopic (exact) mass is 351 g/mol. The maximum absolute atomic E-state index is 5.62. The molecule has 1 fully saturated rings. The van der Waals surface area contributed by atoms with Crippen molar-refractivity contribution < 1.29 is 9.15 Å². The molecule has 1 unspecified atom stereocenters. The molecule has 1 heterocycles. The van der Waals surface area contributed by atoms with Crippen LogP contribution >= 0.6 is 0 Å². The molecule has 2 aromatic rings. The number of hydrogen-bond acceptors (Lipinski definition) is 3. The summed E-state index contributed by atoms with van der Waals surface area (Å²) < 4.78 is 11.1.